The van der Waals surface area contributed by atoms with Gasteiger partial charge in [-0.3, -0.25) is 0 Å². The zero-order valence-electron chi connectivity index (χ0n) is 11.8. The van der Waals surface area contributed by atoms with Gasteiger partial charge in [0, 0.05) is 6.61 Å². The molecule has 1 rings (SSSR count). The normalized spacial score (nSPS) is 31.6. The molecule has 5 nitrogen and oxygen atoms in total. The molecule has 0 spiro atoms. The van der Waals surface area contributed by atoms with E-state index >= 15 is 0 Å². The van der Waals surface area contributed by atoms with Crippen molar-refractivity contribution in [2.24, 2.45) is 0 Å². The zero-order chi connectivity index (χ0) is 14.1. The lowest BCUT2D eigenvalue weighted by molar-refractivity contribution is -0.270. The molecule has 0 aromatic heterocycles. The van der Waals surface area contributed by atoms with Gasteiger partial charge in [0.15, 0.2) is 6.29 Å². The third-order valence-corrected chi connectivity index (χ3v) is 3.48. The molecule has 0 aliphatic carbocycles. The molecule has 0 radical (unpaired) electrons. The van der Waals surface area contributed by atoms with Crippen molar-refractivity contribution in [3.63, 3.8) is 0 Å². The Bertz CT molecular complexity index is 224. The smallest absolute Gasteiger partial charge is 0.186 e. The monoisotopic (exact) mass is 276 g/mol. The Balaban J connectivity index is 2.00. The quantitative estimate of drug-likeness (QED) is 0.551. The summed E-state index contributed by atoms with van der Waals surface area (Å²) in [5.41, 5.74) is 0. The van der Waals surface area contributed by atoms with Gasteiger partial charge in [0.05, 0.1) is 6.61 Å². The maximum atomic E-state index is 9.65. The van der Waals surface area contributed by atoms with Gasteiger partial charge in [0.2, 0.25) is 0 Å². The molecular weight excluding hydrogens is 248 g/mol. The number of hydrogen-bond acceptors (Lipinski definition) is 5. The Hall–Kier alpha value is -0.200. The molecule has 0 aromatic rings. The van der Waals surface area contributed by atoms with E-state index in [-0.39, 0.29) is 6.61 Å². The SMILES string of the molecule is CCCCCCCCCOC1OCC(O)C(O)C1O. The van der Waals surface area contributed by atoms with Crippen LogP contribution in [-0.4, -0.2) is 53.1 Å². The fourth-order valence-corrected chi connectivity index (χ4v) is 2.18. The lowest BCUT2D eigenvalue weighted by Gasteiger charge is -2.34. The van der Waals surface area contributed by atoms with Gasteiger partial charge in [-0.25, -0.2) is 0 Å². The number of aliphatic hydroxyl groups is 3. The molecule has 5 heteroatoms. The summed E-state index contributed by atoms with van der Waals surface area (Å²) in [6.45, 7) is 2.72. The number of unbranched alkanes of at least 4 members (excludes halogenated alkanes) is 6. The van der Waals surface area contributed by atoms with E-state index in [4.69, 9.17) is 9.47 Å². The van der Waals surface area contributed by atoms with Crippen LogP contribution >= 0.6 is 0 Å². The van der Waals surface area contributed by atoms with Gasteiger partial charge < -0.3 is 24.8 Å². The fourth-order valence-electron chi connectivity index (χ4n) is 2.18. The number of rotatable bonds is 9. The minimum absolute atomic E-state index is 0.0000882. The lowest BCUT2D eigenvalue weighted by atomic mass is 10.1. The third-order valence-electron chi connectivity index (χ3n) is 3.48. The van der Waals surface area contributed by atoms with E-state index in [1.807, 2.05) is 0 Å². The molecular formula is C14H28O5. The largest absolute Gasteiger partial charge is 0.388 e. The average Bonchev–Trinajstić information content (AvgIpc) is 2.41. The Morgan fingerprint density at radius 2 is 1.58 bits per heavy atom. The highest BCUT2D eigenvalue weighted by molar-refractivity contribution is 4.82. The van der Waals surface area contributed by atoms with Gasteiger partial charge in [-0.15, -0.1) is 0 Å². The van der Waals surface area contributed by atoms with Crippen LogP contribution in [0.4, 0.5) is 0 Å². The molecule has 1 heterocycles. The first kappa shape index (κ1) is 16.9. The second-order valence-electron chi connectivity index (χ2n) is 5.24. The molecule has 0 aromatic carbocycles. The number of hydrogen-bond donors (Lipinski definition) is 3. The summed E-state index contributed by atoms with van der Waals surface area (Å²) >= 11 is 0. The van der Waals surface area contributed by atoms with Gasteiger partial charge in [-0.2, -0.15) is 0 Å². The van der Waals surface area contributed by atoms with Gasteiger partial charge >= 0.3 is 0 Å². The molecule has 3 N–H and O–H groups in total. The standard InChI is InChI=1S/C14H28O5/c1-2-3-4-5-6-7-8-9-18-14-13(17)12(16)11(15)10-19-14/h11-17H,2-10H2,1H3. The summed E-state index contributed by atoms with van der Waals surface area (Å²) in [4.78, 5) is 0. The van der Waals surface area contributed by atoms with E-state index in [0.29, 0.717) is 6.61 Å². The van der Waals surface area contributed by atoms with Gasteiger partial charge in [0.25, 0.3) is 0 Å². The van der Waals surface area contributed by atoms with Crippen LogP contribution in [0.25, 0.3) is 0 Å². The van der Waals surface area contributed by atoms with Crippen LogP contribution in [0.2, 0.25) is 0 Å². The second-order valence-corrected chi connectivity index (χ2v) is 5.24. The topological polar surface area (TPSA) is 79.2 Å². The van der Waals surface area contributed by atoms with Crippen molar-refractivity contribution >= 4 is 0 Å². The molecule has 1 fully saturated rings. The van der Waals surface area contributed by atoms with Crippen molar-refractivity contribution < 1.29 is 24.8 Å². The number of aliphatic hydroxyl groups excluding tert-OH is 3. The highest BCUT2D eigenvalue weighted by atomic mass is 16.7. The molecule has 4 atom stereocenters. The molecule has 1 aliphatic rings. The maximum Gasteiger partial charge on any atom is 0.186 e. The van der Waals surface area contributed by atoms with Crippen LogP contribution in [-0.2, 0) is 9.47 Å². The average molecular weight is 276 g/mol. The molecule has 0 bridgehead atoms. The first-order valence-electron chi connectivity index (χ1n) is 7.44. The summed E-state index contributed by atoms with van der Waals surface area (Å²) in [7, 11) is 0. The van der Waals surface area contributed by atoms with E-state index in [1.165, 1.54) is 32.1 Å². The Morgan fingerprint density at radius 1 is 0.947 bits per heavy atom. The van der Waals surface area contributed by atoms with Crippen molar-refractivity contribution in [3.8, 4) is 0 Å². The van der Waals surface area contributed by atoms with Crippen molar-refractivity contribution in [1.82, 2.24) is 0 Å². The van der Waals surface area contributed by atoms with Crippen molar-refractivity contribution in [3.05, 3.63) is 0 Å². The van der Waals surface area contributed by atoms with E-state index < -0.39 is 24.6 Å². The second kappa shape index (κ2) is 9.66. The van der Waals surface area contributed by atoms with E-state index in [1.54, 1.807) is 0 Å². The van der Waals surface area contributed by atoms with Crippen molar-refractivity contribution in [2.75, 3.05) is 13.2 Å². The highest BCUT2D eigenvalue weighted by Crippen LogP contribution is 2.17. The van der Waals surface area contributed by atoms with Crippen LogP contribution in [0.15, 0.2) is 0 Å². The van der Waals surface area contributed by atoms with E-state index in [2.05, 4.69) is 6.92 Å². The predicted octanol–water partition coefficient (Wildman–Crippen LogP) is 1.19. The van der Waals surface area contributed by atoms with E-state index in [9.17, 15) is 15.3 Å². The summed E-state index contributed by atoms with van der Waals surface area (Å²) in [6, 6.07) is 0. The Morgan fingerprint density at radius 3 is 2.26 bits per heavy atom. The van der Waals surface area contributed by atoms with Crippen molar-refractivity contribution in [1.29, 1.82) is 0 Å². The summed E-state index contributed by atoms with van der Waals surface area (Å²) in [6.07, 6.45) is 4.15. The Kier molecular flexibility index (Phi) is 8.57. The summed E-state index contributed by atoms with van der Waals surface area (Å²) in [5.74, 6) is 0. The van der Waals surface area contributed by atoms with Gasteiger partial charge in [0.1, 0.15) is 18.3 Å². The minimum Gasteiger partial charge on any atom is -0.388 e. The van der Waals surface area contributed by atoms with E-state index in [0.717, 1.165) is 12.8 Å². The molecule has 4 unspecified atom stereocenters. The van der Waals surface area contributed by atoms with Crippen molar-refractivity contribution in [2.45, 2.75) is 76.5 Å². The first-order chi connectivity index (χ1) is 9.16. The summed E-state index contributed by atoms with van der Waals surface area (Å²) in [5, 5.41) is 28.4. The molecule has 1 saturated heterocycles. The molecule has 114 valence electrons. The lowest BCUT2D eigenvalue weighted by Crippen LogP contribution is -2.53. The third kappa shape index (κ3) is 6.19. The van der Waals surface area contributed by atoms with Crippen LogP contribution in [0.1, 0.15) is 51.9 Å². The van der Waals surface area contributed by atoms with Crippen LogP contribution < -0.4 is 0 Å². The maximum absolute atomic E-state index is 9.65. The molecule has 19 heavy (non-hydrogen) atoms. The van der Waals surface area contributed by atoms with Gasteiger partial charge in [-0.1, -0.05) is 45.4 Å². The van der Waals surface area contributed by atoms with Gasteiger partial charge in [-0.05, 0) is 6.42 Å². The Labute approximate surface area is 115 Å². The van der Waals surface area contributed by atoms with Crippen LogP contribution in [0, 0.1) is 0 Å². The zero-order valence-corrected chi connectivity index (χ0v) is 11.8. The molecule has 0 saturated carbocycles. The fraction of sp³-hybridized carbons (Fsp3) is 1.00. The first-order valence-corrected chi connectivity index (χ1v) is 7.44. The molecule has 1 aliphatic heterocycles. The highest BCUT2D eigenvalue weighted by Gasteiger charge is 2.37. The minimum atomic E-state index is -1.19. The van der Waals surface area contributed by atoms with Crippen LogP contribution in [0.5, 0.6) is 0 Å². The summed E-state index contributed by atoms with van der Waals surface area (Å²) < 4.78 is 10.5. The molecule has 0 amide bonds. The predicted molar refractivity (Wildman–Crippen MR) is 71.7 cm³/mol. The van der Waals surface area contributed by atoms with Crippen LogP contribution in [0.3, 0.4) is 0 Å². The number of ether oxygens (including phenoxy) is 2.